The fourth-order valence-electron chi connectivity index (χ4n) is 3.41. The van der Waals surface area contributed by atoms with Gasteiger partial charge in [0.2, 0.25) is 11.6 Å². The lowest BCUT2D eigenvalue weighted by atomic mass is 9.88. The highest BCUT2D eigenvalue weighted by molar-refractivity contribution is 7.87. The van der Waals surface area contributed by atoms with E-state index in [-0.39, 0.29) is 29.7 Å². The van der Waals surface area contributed by atoms with Gasteiger partial charge in [-0.3, -0.25) is 9.35 Å². The molecule has 0 aliphatic heterocycles. The molecule has 2 unspecified atom stereocenters. The molecule has 12 heteroatoms. The van der Waals surface area contributed by atoms with Crippen LogP contribution in [0.4, 0.5) is 17.6 Å². The molecule has 0 heterocycles. The van der Waals surface area contributed by atoms with Crippen molar-refractivity contribution in [1.82, 2.24) is 5.43 Å². The zero-order valence-electron chi connectivity index (χ0n) is 18.2. The number of nitrogens with zero attached hydrogens (tertiary/aromatic N) is 1. The van der Waals surface area contributed by atoms with Gasteiger partial charge in [0.05, 0.1) is 19.7 Å². The third-order valence-corrected chi connectivity index (χ3v) is 6.16. The SMILES string of the molecule is COc1cccc(CC(=O)N/N=C/c2ccccc2C2=CC(F)(C(F)(F)F)C=CC2S(=O)(=O)O)c1. The molecule has 2 aromatic rings. The first-order chi connectivity index (χ1) is 16.3. The number of hydrogen-bond donors (Lipinski definition) is 2. The van der Waals surface area contributed by atoms with Gasteiger partial charge in [-0.1, -0.05) is 42.5 Å². The summed E-state index contributed by atoms with van der Waals surface area (Å²) in [6.45, 7) is 0. The molecule has 0 spiro atoms. The minimum Gasteiger partial charge on any atom is -0.497 e. The fraction of sp³-hybridized carbons (Fsp3) is 0.217. The second-order valence-corrected chi connectivity index (χ2v) is 9.11. The van der Waals surface area contributed by atoms with E-state index in [4.69, 9.17) is 4.74 Å². The summed E-state index contributed by atoms with van der Waals surface area (Å²) in [6.07, 6.45) is -3.73. The van der Waals surface area contributed by atoms with Crippen molar-refractivity contribution in [1.29, 1.82) is 0 Å². The van der Waals surface area contributed by atoms with Crippen LogP contribution < -0.4 is 10.2 Å². The number of rotatable bonds is 7. The number of alkyl halides is 4. The van der Waals surface area contributed by atoms with Crippen molar-refractivity contribution >= 4 is 27.8 Å². The van der Waals surface area contributed by atoms with E-state index in [1.54, 1.807) is 24.3 Å². The van der Waals surface area contributed by atoms with Crippen molar-refractivity contribution in [3.63, 3.8) is 0 Å². The monoisotopic (exact) mass is 512 g/mol. The lowest BCUT2D eigenvalue weighted by molar-refractivity contribution is -0.195. The number of hydrogen-bond acceptors (Lipinski definition) is 5. The van der Waals surface area contributed by atoms with Gasteiger partial charge in [-0.15, -0.1) is 0 Å². The molecule has 35 heavy (non-hydrogen) atoms. The number of carbonyl (C=O) groups excluding carboxylic acids is 1. The van der Waals surface area contributed by atoms with Crippen LogP contribution in [0.2, 0.25) is 0 Å². The second kappa shape index (κ2) is 10.0. The Morgan fingerprint density at radius 3 is 2.60 bits per heavy atom. The van der Waals surface area contributed by atoms with Crippen molar-refractivity contribution in [2.24, 2.45) is 5.10 Å². The smallest absolute Gasteiger partial charge is 0.429 e. The molecule has 0 fully saturated rings. The zero-order valence-corrected chi connectivity index (χ0v) is 19.0. The van der Waals surface area contributed by atoms with Gasteiger partial charge in [0.1, 0.15) is 11.0 Å². The van der Waals surface area contributed by atoms with Crippen LogP contribution in [0, 0.1) is 0 Å². The first kappa shape index (κ1) is 26.1. The normalized spacial score (nSPS) is 20.5. The van der Waals surface area contributed by atoms with Gasteiger partial charge in [-0.2, -0.15) is 26.7 Å². The van der Waals surface area contributed by atoms with Gasteiger partial charge in [0.15, 0.2) is 0 Å². The number of hydrazone groups is 1. The zero-order chi connectivity index (χ0) is 25.9. The highest BCUT2D eigenvalue weighted by Gasteiger charge is 2.55. The molecule has 2 aromatic carbocycles. The minimum absolute atomic E-state index is 0.0461. The number of carbonyl (C=O) groups is 1. The summed E-state index contributed by atoms with van der Waals surface area (Å²) >= 11 is 0. The Balaban J connectivity index is 1.89. The van der Waals surface area contributed by atoms with Crippen LogP contribution in [-0.4, -0.2) is 49.3 Å². The minimum atomic E-state index is -5.37. The molecule has 1 aliphatic rings. The van der Waals surface area contributed by atoms with Gasteiger partial charge in [-0.25, -0.2) is 9.82 Å². The number of halogens is 4. The Kier molecular flexibility index (Phi) is 7.46. The summed E-state index contributed by atoms with van der Waals surface area (Å²) in [4.78, 5) is 12.2. The Hall–Kier alpha value is -3.51. The maximum absolute atomic E-state index is 14.7. The van der Waals surface area contributed by atoms with E-state index < -0.39 is 38.7 Å². The average molecular weight is 512 g/mol. The van der Waals surface area contributed by atoms with Gasteiger partial charge < -0.3 is 4.74 Å². The number of nitrogens with one attached hydrogen (secondary N) is 1. The van der Waals surface area contributed by atoms with Crippen molar-refractivity contribution in [3.8, 4) is 5.75 Å². The molecule has 2 N–H and O–H groups in total. The number of ether oxygens (including phenoxy) is 1. The molecule has 0 bridgehead atoms. The van der Waals surface area contributed by atoms with Crippen LogP contribution in [0.15, 0.2) is 71.9 Å². The van der Waals surface area contributed by atoms with E-state index in [1.165, 1.54) is 31.4 Å². The third-order valence-electron chi connectivity index (χ3n) is 5.10. The van der Waals surface area contributed by atoms with Crippen LogP contribution in [0.1, 0.15) is 16.7 Å². The maximum Gasteiger partial charge on any atom is 0.429 e. The fourth-order valence-corrected chi connectivity index (χ4v) is 4.20. The molecular weight excluding hydrogens is 492 g/mol. The van der Waals surface area contributed by atoms with Crippen LogP contribution >= 0.6 is 0 Å². The predicted molar refractivity (Wildman–Crippen MR) is 121 cm³/mol. The van der Waals surface area contributed by atoms with E-state index in [1.807, 2.05) is 0 Å². The van der Waals surface area contributed by atoms with Crippen molar-refractivity contribution in [2.75, 3.05) is 7.11 Å². The second-order valence-electron chi connectivity index (χ2n) is 7.57. The summed E-state index contributed by atoms with van der Waals surface area (Å²) in [6, 6.07) is 12.3. The Bertz CT molecular complexity index is 1300. The van der Waals surface area contributed by atoms with Gasteiger partial charge in [-0.05, 0) is 41.0 Å². The number of allylic oxidation sites excluding steroid dienone is 2. The molecule has 186 valence electrons. The van der Waals surface area contributed by atoms with Crippen LogP contribution in [0.3, 0.4) is 0 Å². The molecule has 3 rings (SSSR count). The summed E-state index contributed by atoms with van der Waals surface area (Å²) in [5.41, 5.74) is -1.72. The van der Waals surface area contributed by atoms with Gasteiger partial charge in [0.25, 0.3) is 10.1 Å². The van der Waals surface area contributed by atoms with Crippen molar-refractivity contribution in [3.05, 3.63) is 83.4 Å². The highest BCUT2D eigenvalue weighted by Crippen LogP contribution is 2.43. The quantitative estimate of drug-likeness (QED) is 0.193. The first-order valence-corrected chi connectivity index (χ1v) is 11.5. The Morgan fingerprint density at radius 2 is 1.94 bits per heavy atom. The largest absolute Gasteiger partial charge is 0.497 e. The number of methoxy groups -OCH3 is 1. The summed E-state index contributed by atoms with van der Waals surface area (Å²) < 4.78 is 92.8. The lowest BCUT2D eigenvalue weighted by Crippen LogP contribution is -2.40. The van der Waals surface area contributed by atoms with E-state index >= 15 is 0 Å². The third kappa shape index (κ3) is 6.14. The van der Waals surface area contributed by atoms with E-state index in [9.17, 15) is 35.3 Å². The number of amides is 1. The molecule has 0 saturated heterocycles. The summed E-state index contributed by atoms with van der Waals surface area (Å²) in [5.74, 6) is 0.0428. The van der Waals surface area contributed by atoms with Gasteiger partial charge >= 0.3 is 6.18 Å². The summed E-state index contributed by atoms with van der Waals surface area (Å²) in [7, 11) is -3.44. The van der Waals surface area contributed by atoms with E-state index in [0.29, 0.717) is 17.4 Å². The maximum atomic E-state index is 14.7. The van der Waals surface area contributed by atoms with Crippen molar-refractivity contribution < 1.29 is 40.1 Å². The molecule has 7 nitrogen and oxygen atoms in total. The number of benzene rings is 2. The predicted octanol–water partition coefficient (Wildman–Crippen LogP) is 3.87. The molecule has 1 aliphatic carbocycles. The van der Waals surface area contributed by atoms with Crippen molar-refractivity contribution in [2.45, 2.75) is 23.5 Å². The average Bonchev–Trinajstić information content (AvgIpc) is 2.78. The molecule has 0 aromatic heterocycles. The molecular formula is C23H20F4N2O5S. The van der Waals surface area contributed by atoms with Crippen LogP contribution in [-0.2, 0) is 21.3 Å². The first-order valence-electron chi connectivity index (χ1n) is 10.0. The molecule has 1 amide bonds. The van der Waals surface area contributed by atoms with Crippen LogP contribution in [0.25, 0.3) is 5.57 Å². The Labute approximate surface area is 198 Å². The van der Waals surface area contributed by atoms with E-state index in [2.05, 4.69) is 10.5 Å². The molecule has 0 radical (unpaired) electrons. The molecule has 2 atom stereocenters. The lowest BCUT2D eigenvalue weighted by Gasteiger charge is -2.29. The Morgan fingerprint density at radius 1 is 1.23 bits per heavy atom. The topological polar surface area (TPSA) is 105 Å². The molecule has 0 saturated carbocycles. The standard InChI is InChI=1S/C23H20F4N2O5S/c1-34-17-7-4-5-15(11-17)12-21(30)29-28-14-16-6-2-3-8-18(16)19-13-22(24,23(25,26)27)10-9-20(19)35(31,32)33/h2-11,13-14,20H,12H2,1H3,(H,29,30)(H,31,32,33)/b28-14+. The summed E-state index contributed by atoms with van der Waals surface area (Å²) in [5, 5.41) is 1.84. The van der Waals surface area contributed by atoms with E-state index in [0.717, 1.165) is 6.21 Å². The van der Waals surface area contributed by atoms with Gasteiger partial charge in [0, 0.05) is 5.56 Å². The highest BCUT2D eigenvalue weighted by atomic mass is 32.2. The van der Waals surface area contributed by atoms with Crippen LogP contribution in [0.5, 0.6) is 5.75 Å².